The maximum atomic E-state index is 12.5. The van der Waals surface area contributed by atoms with Crippen LogP contribution in [0.2, 0.25) is 0 Å². The number of thioether (sulfide) groups is 1. The fourth-order valence-electron chi connectivity index (χ4n) is 2.97. The summed E-state index contributed by atoms with van der Waals surface area (Å²) in [4.78, 5) is 16.6. The third kappa shape index (κ3) is 2.78. The summed E-state index contributed by atoms with van der Waals surface area (Å²) in [6.07, 6.45) is 1.67. The van der Waals surface area contributed by atoms with Gasteiger partial charge in [0.1, 0.15) is 5.04 Å². The summed E-state index contributed by atoms with van der Waals surface area (Å²) >= 11 is 1.25. The number of benzene rings is 2. The first-order valence-corrected chi connectivity index (χ1v) is 9.37. The Hall–Kier alpha value is -3.39. The number of hydrazone groups is 1. The van der Waals surface area contributed by atoms with E-state index in [-0.39, 0.29) is 18.2 Å². The first-order chi connectivity index (χ1) is 13.6. The Balaban J connectivity index is 1.48. The van der Waals surface area contributed by atoms with Crippen molar-refractivity contribution < 1.29 is 14.3 Å². The van der Waals surface area contributed by atoms with E-state index in [1.807, 2.05) is 49.4 Å². The number of amidine groups is 2. The summed E-state index contributed by atoms with van der Waals surface area (Å²) in [7, 11) is 0. The minimum absolute atomic E-state index is 0.0128. The van der Waals surface area contributed by atoms with Crippen LogP contribution in [0.4, 0.5) is 0 Å². The van der Waals surface area contributed by atoms with E-state index >= 15 is 0 Å². The zero-order valence-corrected chi connectivity index (χ0v) is 15.6. The summed E-state index contributed by atoms with van der Waals surface area (Å²) in [5, 5.41) is 15.4. The van der Waals surface area contributed by atoms with E-state index in [0.29, 0.717) is 21.7 Å². The van der Waals surface area contributed by atoms with Crippen LogP contribution in [0.25, 0.3) is 6.08 Å². The van der Waals surface area contributed by atoms with Crippen molar-refractivity contribution in [3.63, 3.8) is 0 Å². The van der Waals surface area contributed by atoms with Crippen LogP contribution in [-0.4, -0.2) is 33.8 Å². The molecule has 3 aliphatic rings. The lowest BCUT2D eigenvalue weighted by Crippen LogP contribution is -2.35. The van der Waals surface area contributed by atoms with Crippen LogP contribution in [0, 0.1) is 12.3 Å². The largest absolute Gasteiger partial charge is 0.454 e. The van der Waals surface area contributed by atoms with E-state index in [2.05, 4.69) is 10.1 Å². The molecular weight excluding hydrogens is 376 g/mol. The van der Waals surface area contributed by atoms with Gasteiger partial charge in [-0.1, -0.05) is 29.8 Å². The van der Waals surface area contributed by atoms with Crippen LogP contribution in [0.5, 0.6) is 11.5 Å². The Bertz CT molecular complexity index is 1120. The molecule has 0 spiro atoms. The van der Waals surface area contributed by atoms with Crippen molar-refractivity contribution in [3.05, 3.63) is 64.7 Å². The van der Waals surface area contributed by atoms with Gasteiger partial charge in [-0.2, -0.15) is 15.1 Å². The summed E-state index contributed by atoms with van der Waals surface area (Å²) in [6, 6.07) is 13.2. The monoisotopic (exact) mass is 390 g/mol. The fourth-order valence-corrected chi connectivity index (χ4v) is 3.86. The highest BCUT2D eigenvalue weighted by atomic mass is 32.2. The molecule has 3 aliphatic heterocycles. The molecule has 0 atom stereocenters. The van der Waals surface area contributed by atoms with Gasteiger partial charge in [0, 0.05) is 5.56 Å². The van der Waals surface area contributed by atoms with Crippen molar-refractivity contribution in [1.82, 2.24) is 5.01 Å². The normalized spacial score (nSPS) is 19.0. The topological polar surface area (TPSA) is 87.3 Å². The standard InChI is InChI=1S/C20H14N4O3S/c1-11-2-4-12(5-3-11)8-14-17(21)24-20(22-18(14)25)28-19(23-24)13-6-7-15-16(9-13)27-10-26-15/h2-9,21H,10H2,1H3/b14-8-,21-17?. The van der Waals surface area contributed by atoms with Crippen LogP contribution < -0.4 is 9.47 Å². The number of carbonyl (C=O) groups excluding carboxylic acids is 1. The van der Waals surface area contributed by atoms with E-state index in [0.717, 1.165) is 16.7 Å². The SMILES string of the molecule is Cc1ccc(/C=C2/C(=N)N3N=C(c4ccc5c(c4)OCO5)SC3=NC2=O)cc1. The molecule has 7 nitrogen and oxygen atoms in total. The second-order valence-corrected chi connectivity index (χ2v) is 7.36. The molecule has 0 unspecified atom stereocenters. The first-order valence-electron chi connectivity index (χ1n) is 8.55. The molecule has 0 aromatic heterocycles. The Morgan fingerprint density at radius 2 is 1.93 bits per heavy atom. The lowest BCUT2D eigenvalue weighted by Gasteiger charge is -2.20. The van der Waals surface area contributed by atoms with Crippen molar-refractivity contribution >= 4 is 39.8 Å². The van der Waals surface area contributed by atoms with Gasteiger partial charge in [-0.05, 0) is 48.5 Å². The van der Waals surface area contributed by atoms with Crippen molar-refractivity contribution in [2.24, 2.45) is 10.1 Å². The van der Waals surface area contributed by atoms with Crippen molar-refractivity contribution in [3.8, 4) is 11.5 Å². The highest BCUT2D eigenvalue weighted by Gasteiger charge is 2.36. The van der Waals surface area contributed by atoms with Crippen LogP contribution >= 0.6 is 11.8 Å². The third-order valence-electron chi connectivity index (χ3n) is 4.46. The molecule has 3 heterocycles. The number of rotatable bonds is 2. The Morgan fingerprint density at radius 1 is 1.14 bits per heavy atom. The number of ether oxygens (including phenoxy) is 2. The molecular formula is C20H14N4O3S. The molecule has 0 aliphatic carbocycles. The van der Waals surface area contributed by atoms with Crippen molar-refractivity contribution in [2.75, 3.05) is 6.79 Å². The average Bonchev–Trinajstić information content (AvgIpc) is 3.32. The molecule has 0 saturated carbocycles. The van der Waals surface area contributed by atoms with Crippen LogP contribution in [0.1, 0.15) is 16.7 Å². The molecule has 8 heteroatoms. The zero-order valence-electron chi connectivity index (χ0n) is 14.8. The summed E-state index contributed by atoms with van der Waals surface area (Å²) in [5.41, 5.74) is 2.99. The molecule has 1 N–H and O–H groups in total. The Labute approximate surface area is 164 Å². The number of aliphatic imine (C=N–C) groups is 1. The fraction of sp³-hybridized carbons (Fsp3) is 0.100. The summed E-state index contributed by atoms with van der Waals surface area (Å²) in [6.45, 7) is 2.19. The summed E-state index contributed by atoms with van der Waals surface area (Å²) in [5.74, 6) is 0.914. The van der Waals surface area contributed by atoms with Gasteiger partial charge in [-0.25, -0.2) is 0 Å². The highest BCUT2D eigenvalue weighted by Crippen LogP contribution is 2.36. The van der Waals surface area contributed by atoms with Crippen LogP contribution in [0.15, 0.2) is 58.1 Å². The first kappa shape index (κ1) is 16.8. The lowest BCUT2D eigenvalue weighted by molar-refractivity contribution is -0.114. The number of fused-ring (bicyclic) bond motifs is 2. The minimum Gasteiger partial charge on any atom is -0.454 e. The van der Waals surface area contributed by atoms with E-state index in [1.165, 1.54) is 16.8 Å². The number of nitrogens with zero attached hydrogens (tertiary/aromatic N) is 3. The molecule has 28 heavy (non-hydrogen) atoms. The molecule has 138 valence electrons. The molecule has 0 fully saturated rings. The van der Waals surface area contributed by atoms with Crippen LogP contribution in [0.3, 0.4) is 0 Å². The van der Waals surface area contributed by atoms with Crippen molar-refractivity contribution in [1.29, 1.82) is 5.41 Å². The Kier molecular flexibility index (Phi) is 3.80. The third-order valence-corrected chi connectivity index (χ3v) is 5.42. The smallest absolute Gasteiger partial charge is 0.283 e. The molecule has 0 saturated heterocycles. The van der Waals surface area contributed by atoms with Gasteiger partial charge < -0.3 is 9.47 Å². The molecule has 2 aromatic carbocycles. The Morgan fingerprint density at radius 3 is 2.75 bits per heavy atom. The number of aryl methyl sites for hydroxylation is 1. The maximum absolute atomic E-state index is 12.5. The second kappa shape index (κ2) is 6.35. The van der Waals surface area contributed by atoms with Crippen molar-refractivity contribution in [2.45, 2.75) is 6.92 Å². The van der Waals surface area contributed by atoms with E-state index in [1.54, 1.807) is 6.08 Å². The molecule has 2 aromatic rings. The van der Waals surface area contributed by atoms with Gasteiger partial charge in [0.25, 0.3) is 5.91 Å². The second-order valence-electron chi connectivity index (χ2n) is 6.40. The number of hydrogen-bond acceptors (Lipinski definition) is 6. The minimum atomic E-state index is -0.438. The number of hydrogen-bond donors (Lipinski definition) is 1. The van der Waals surface area contributed by atoms with Gasteiger partial charge in [-0.3, -0.25) is 10.2 Å². The van der Waals surface area contributed by atoms with E-state index in [4.69, 9.17) is 14.9 Å². The number of amides is 1. The number of nitrogens with one attached hydrogen (secondary N) is 1. The van der Waals surface area contributed by atoms with Gasteiger partial charge >= 0.3 is 0 Å². The van der Waals surface area contributed by atoms with E-state index < -0.39 is 5.91 Å². The average molecular weight is 390 g/mol. The summed E-state index contributed by atoms with van der Waals surface area (Å²) < 4.78 is 10.7. The molecule has 0 bridgehead atoms. The lowest BCUT2D eigenvalue weighted by atomic mass is 10.1. The predicted molar refractivity (Wildman–Crippen MR) is 108 cm³/mol. The van der Waals surface area contributed by atoms with Gasteiger partial charge in [0.05, 0.1) is 5.57 Å². The van der Waals surface area contributed by atoms with Crippen LogP contribution in [-0.2, 0) is 4.79 Å². The quantitative estimate of drug-likeness (QED) is 0.794. The zero-order chi connectivity index (χ0) is 19.3. The molecule has 1 amide bonds. The predicted octanol–water partition coefficient (Wildman–Crippen LogP) is 3.39. The van der Waals surface area contributed by atoms with E-state index in [9.17, 15) is 4.79 Å². The molecule has 5 rings (SSSR count). The van der Waals surface area contributed by atoms with Gasteiger partial charge in [0.15, 0.2) is 17.3 Å². The maximum Gasteiger partial charge on any atom is 0.283 e. The number of carbonyl (C=O) groups is 1. The molecule has 0 radical (unpaired) electrons. The van der Waals surface area contributed by atoms with Gasteiger partial charge in [-0.15, -0.1) is 0 Å². The van der Waals surface area contributed by atoms with Gasteiger partial charge in [0.2, 0.25) is 12.0 Å². The highest BCUT2D eigenvalue weighted by molar-refractivity contribution is 8.27.